The molecule has 1 unspecified atom stereocenters. The fourth-order valence-corrected chi connectivity index (χ4v) is 4.02. The van der Waals surface area contributed by atoms with Gasteiger partial charge in [-0.3, -0.25) is 4.98 Å². The van der Waals surface area contributed by atoms with E-state index in [1.165, 1.54) is 0 Å². The lowest BCUT2D eigenvalue weighted by Crippen LogP contribution is -2.39. The van der Waals surface area contributed by atoms with Crippen LogP contribution in [0.25, 0.3) is 6.08 Å². The monoisotopic (exact) mass is 466 g/mol. The second-order valence-electron chi connectivity index (χ2n) is 9.70. The maximum absolute atomic E-state index is 13.1. The molecular formula is C23H35BrN2O3. The Hall–Kier alpha value is -1.40. The number of hydrogen-bond acceptors (Lipinski definition) is 5. The summed E-state index contributed by atoms with van der Waals surface area (Å²) in [4.78, 5) is 19.9. The summed E-state index contributed by atoms with van der Waals surface area (Å²) in [6.45, 7) is 19.8. The molecule has 5 nitrogen and oxygen atoms in total. The van der Waals surface area contributed by atoms with Gasteiger partial charge in [0.1, 0.15) is 0 Å². The zero-order valence-corrected chi connectivity index (χ0v) is 20.4. The van der Waals surface area contributed by atoms with E-state index in [1.54, 1.807) is 12.3 Å². The number of esters is 1. The van der Waals surface area contributed by atoms with Gasteiger partial charge < -0.3 is 14.4 Å². The molecule has 0 aromatic carbocycles. The summed E-state index contributed by atoms with van der Waals surface area (Å²) in [5.41, 5.74) is 2.08. The molecule has 29 heavy (non-hydrogen) atoms. The minimum absolute atomic E-state index is 0.236. The predicted octanol–water partition coefficient (Wildman–Crippen LogP) is 5.92. The Morgan fingerprint density at radius 3 is 2.38 bits per heavy atom. The Morgan fingerprint density at radius 1 is 1.31 bits per heavy atom. The van der Waals surface area contributed by atoms with Crippen LogP contribution < -0.4 is 4.90 Å². The van der Waals surface area contributed by atoms with Gasteiger partial charge in [-0.15, -0.1) is 0 Å². The lowest BCUT2D eigenvalue weighted by atomic mass is 9.82. The molecule has 2 rings (SSSR count). The van der Waals surface area contributed by atoms with Crippen molar-refractivity contribution >= 4 is 33.7 Å². The average molecular weight is 467 g/mol. The highest BCUT2D eigenvalue weighted by Gasteiger charge is 2.36. The van der Waals surface area contributed by atoms with E-state index in [9.17, 15) is 4.79 Å². The Kier molecular flexibility index (Phi) is 7.55. The molecule has 1 saturated heterocycles. The molecule has 1 aromatic heterocycles. The number of carbonyl (C=O) groups excluding carboxylic acids is 1. The lowest BCUT2D eigenvalue weighted by Gasteiger charge is -2.40. The van der Waals surface area contributed by atoms with E-state index < -0.39 is 17.7 Å². The quantitative estimate of drug-likeness (QED) is 0.486. The molecule has 6 heteroatoms. The van der Waals surface area contributed by atoms with Crippen molar-refractivity contribution in [1.82, 2.24) is 4.98 Å². The van der Waals surface area contributed by atoms with Crippen molar-refractivity contribution in [3.8, 4) is 0 Å². The van der Waals surface area contributed by atoms with Gasteiger partial charge in [0.25, 0.3) is 0 Å². The number of hydrogen-bond donors (Lipinski definition) is 0. The summed E-state index contributed by atoms with van der Waals surface area (Å²) in [6, 6.07) is 0. The smallest absolute Gasteiger partial charge is 0.340 e. The first-order valence-electron chi connectivity index (χ1n) is 10.3. The van der Waals surface area contributed by atoms with Crippen molar-refractivity contribution in [2.75, 3.05) is 18.0 Å². The zero-order valence-electron chi connectivity index (χ0n) is 18.8. The number of rotatable bonds is 6. The molecule has 1 atom stereocenters. The summed E-state index contributed by atoms with van der Waals surface area (Å²) in [6.07, 6.45) is 4.48. The lowest BCUT2D eigenvalue weighted by molar-refractivity contribution is -0.171. The first-order valence-corrected chi connectivity index (χ1v) is 11.1. The van der Waals surface area contributed by atoms with Crippen LogP contribution in [-0.2, 0) is 14.3 Å². The Labute approximate surface area is 184 Å². The number of aromatic nitrogens is 1. The van der Waals surface area contributed by atoms with Crippen molar-refractivity contribution in [2.45, 2.75) is 79.1 Å². The largest absolute Gasteiger partial charge is 0.461 e. The van der Waals surface area contributed by atoms with E-state index in [0.29, 0.717) is 11.1 Å². The second kappa shape index (κ2) is 9.17. The third kappa shape index (κ3) is 6.29. The molecule has 1 fully saturated rings. The van der Waals surface area contributed by atoms with Crippen LogP contribution in [0.1, 0.15) is 78.7 Å². The molecule has 0 amide bonds. The summed E-state index contributed by atoms with van der Waals surface area (Å²) in [5, 5.41) is 0. The van der Waals surface area contributed by atoms with Crippen molar-refractivity contribution in [2.24, 2.45) is 5.41 Å². The van der Waals surface area contributed by atoms with Crippen LogP contribution in [0.15, 0.2) is 17.2 Å². The molecule has 1 aliphatic heterocycles. The van der Waals surface area contributed by atoms with E-state index in [0.717, 1.165) is 41.7 Å². The minimum Gasteiger partial charge on any atom is -0.461 e. The normalized spacial score (nSPS) is 17.9. The summed E-state index contributed by atoms with van der Waals surface area (Å²) in [7, 11) is 0. The highest BCUT2D eigenvalue weighted by atomic mass is 79.9. The molecule has 0 N–H and O–H groups in total. The van der Waals surface area contributed by atoms with Gasteiger partial charge in [0, 0.05) is 24.8 Å². The molecule has 0 bridgehead atoms. The number of nitrogens with zero attached hydrogens (tertiary/aromatic N) is 2. The first kappa shape index (κ1) is 23.9. The van der Waals surface area contributed by atoms with Gasteiger partial charge in [0.15, 0.2) is 6.10 Å². The number of halogens is 1. The van der Waals surface area contributed by atoms with Crippen LogP contribution >= 0.6 is 15.9 Å². The summed E-state index contributed by atoms with van der Waals surface area (Å²) in [5.74, 6) is -0.406. The van der Waals surface area contributed by atoms with Gasteiger partial charge in [-0.05, 0) is 74.9 Å². The van der Waals surface area contributed by atoms with Crippen LogP contribution in [0, 0.1) is 5.41 Å². The Balaban J connectivity index is 2.60. The van der Waals surface area contributed by atoms with Gasteiger partial charge in [0.05, 0.1) is 27.6 Å². The van der Waals surface area contributed by atoms with E-state index in [4.69, 9.17) is 9.47 Å². The molecular weight excluding hydrogens is 432 g/mol. The summed E-state index contributed by atoms with van der Waals surface area (Å²) >= 11 is 3.68. The van der Waals surface area contributed by atoms with E-state index in [-0.39, 0.29) is 6.10 Å². The minimum atomic E-state index is -0.889. The van der Waals surface area contributed by atoms with Crippen LogP contribution in [0.5, 0.6) is 0 Å². The number of carbonyl (C=O) groups is 1. The standard InChI is InChI=1S/C23H35BrN2O3/c1-9-17-18(20(29-22(4,5)6)21(27)28-15(2)3)19(16(24)14-25-17)26-12-10-23(7,8)11-13-26/h9,14-15,20H,1,10-13H2,2-8H3. The molecule has 1 aromatic rings. The van der Waals surface area contributed by atoms with Gasteiger partial charge in [-0.25, -0.2) is 4.79 Å². The van der Waals surface area contributed by atoms with Gasteiger partial charge in [-0.2, -0.15) is 0 Å². The fraction of sp³-hybridized carbons (Fsp3) is 0.652. The Bertz CT molecular complexity index is 743. The van der Waals surface area contributed by atoms with Crippen LogP contribution in [0.2, 0.25) is 0 Å². The molecule has 2 heterocycles. The fourth-order valence-electron chi connectivity index (χ4n) is 3.46. The topological polar surface area (TPSA) is 51.7 Å². The van der Waals surface area contributed by atoms with Crippen molar-refractivity contribution in [1.29, 1.82) is 0 Å². The molecule has 0 radical (unpaired) electrons. The van der Waals surface area contributed by atoms with Crippen molar-refractivity contribution in [3.63, 3.8) is 0 Å². The van der Waals surface area contributed by atoms with Crippen LogP contribution in [-0.4, -0.2) is 35.7 Å². The molecule has 0 spiro atoms. The number of pyridine rings is 1. The van der Waals surface area contributed by atoms with Gasteiger partial charge in [-0.1, -0.05) is 20.4 Å². The molecule has 162 valence electrons. The predicted molar refractivity (Wildman–Crippen MR) is 122 cm³/mol. The number of piperidine rings is 1. The highest BCUT2D eigenvalue weighted by Crippen LogP contribution is 2.42. The second-order valence-corrected chi connectivity index (χ2v) is 10.6. The maximum Gasteiger partial charge on any atom is 0.340 e. The van der Waals surface area contributed by atoms with E-state index >= 15 is 0 Å². The van der Waals surface area contributed by atoms with Crippen molar-refractivity contribution in [3.05, 3.63) is 28.5 Å². The highest BCUT2D eigenvalue weighted by molar-refractivity contribution is 9.10. The first-order chi connectivity index (χ1) is 13.3. The van der Waals surface area contributed by atoms with E-state index in [2.05, 4.69) is 46.2 Å². The molecule has 0 aliphatic carbocycles. The third-order valence-corrected chi connectivity index (χ3v) is 5.58. The van der Waals surface area contributed by atoms with E-state index in [1.807, 2.05) is 34.6 Å². The third-order valence-electron chi connectivity index (χ3n) is 5.00. The molecule has 0 saturated carbocycles. The van der Waals surface area contributed by atoms with Gasteiger partial charge in [0.2, 0.25) is 0 Å². The van der Waals surface area contributed by atoms with Crippen molar-refractivity contribution < 1.29 is 14.3 Å². The zero-order chi connectivity index (χ0) is 22.0. The number of ether oxygens (including phenoxy) is 2. The molecule has 1 aliphatic rings. The SMILES string of the molecule is C=Cc1ncc(Br)c(N2CCC(C)(C)CC2)c1C(OC(C)(C)C)C(=O)OC(C)C. The average Bonchev–Trinajstić information content (AvgIpc) is 2.58. The van der Waals surface area contributed by atoms with Crippen LogP contribution in [0.4, 0.5) is 5.69 Å². The maximum atomic E-state index is 13.1. The van der Waals surface area contributed by atoms with Gasteiger partial charge >= 0.3 is 5.97 Å². The summed E-state index contributed by atoms with van der Waals surface area (Å²) < 4.78 is 12.7. The van der Waals surface area contributed by atoms with Crippen LogP contribution in [0.3, 0.4) is 0 Å². The Morgan fingerprint density at radius 2 is 1.90 bits per heavy atom. The number of anilines is 1.